The summed E-state index contributed by atoms with van der Waals surface area (Å²) in [6.45, 7) is 9.37. The van der Waals surface area contributed by atoms with Gasteiger partial charge in [-0.3, -0.25) is 4.79 Å². The molecule has 180 valence electrons. The third kappa shape index (κ3) is 6.65. The predicted molar refractivity (Wildman–Crippen MR) is 137 cm³/mol. The topological polar surface area (TPSA) is 91.1 Å². The quantitative estimate of drug-likeness (QED) is 0.557. The molecule has 1 aliphatic rings. The number of nitriles is 1. The second kappa shape index (κ2) is 10.7. The van der Waals surface area contributed by atoms with Crippen molar-refractivity contribution in [3.63, 3.8) is 0 Å². The number of hydrogen-bond acceptors (Lipinski definition) is 6. The normalized spacial score (nSPS) is 13.8. The monoisotopic (exact) mass is 469 g/mol. The minimum absolute atomic E-state index is 0.106. The van der Waals surface area contributed by atoms with E-state index in [9.17, 15) is 10.1 Å². The first-order valence-corrected chi connectivity index (χ1v) is 11.9. The Morgan fingerprint density at radius 1 is 1.11 bits per heavy atom. The molecule has 0 spiro atoms. The third-order valence-corrected chi connectivity index (χ3v) is 5.78. The van der Waals surface area contributed by atoms with Crippen molar-refractivity contribution < 1.29 is 9.53 Å². The summed E-state index contributed by atoms with van der Waals surface area (Å²) in [7, 11) is 0. The first-order valence-electron chi connectivity index (χ1n) is 11.9. The van der Waals surface area contributed by atoms with E-state index in [1.807, 2.05) is 32.9 Å². The summed E-state index contributed by atoms with van der Waals surface area (Å²) < 4.78 is 5.43. The van der Waals surface area contributed by atoms with Crippen molar-refractivity contribution in [1.82, 2.24) is 9.97 Å². The maximum atomic E-state index is 12.3. The number of morpholine rings is 1. The van der Waals surface area contributed by atoms with Gasteiger partial charge in [-0.1, -0.05) is 39.0 Å². The fourth-order valence-electron chi connectivity index (χ4n) is 4.05. The Labute approximate surface area is 206 Å². The first-order chi connectivity index (χ1) is 16.8. The van der Waals surface area contributed by atoms with Crippen molar-refractivity contribution in [2.24, 2.45) is 5.41 Å². The Hall–Kier alpha value is -3.76. The number of anilines is 2. The van der Waals surface area contributed by atoms with Crippen molar-refractivity contribution in [2.75, 3.05) is 36.5 Å². The van der Waals surface area contributed by atoms with E-state index in [-0.39, 0.29) is 11.3 Å². The molecule has 0 radical (unpaired) electrons. The van der Waals surface area contributed by atoms with Crippen LogP contribution >= 0.6 is 0 Å². The molecule has 2 aromatic carbocycles. The summed E-state index contributed by atoms with van der Waals surface area (Å²) in [6.07, 6.45) is 2.73. The van der Waals surface area contributed by atoms with E-state index in [1.54, 1.807) is 18.3 Å². The van der Waals surface area contributed by atoms with Gasteiger partial charge in [0.15, 0.2) is 0 Å². The van der Waals surface area contributed by atoms with Crippen LogP contribution in [0.25, 0.3) is 11.3 Å². The third-order valence-electron chi connectivity index (χ3n) is 5.78. The minimum Gasteiger partial charge on any atom is -0.378 e. The van der Waals surface area contributed by atoms with E-state index < -0.39 is 0 Å². The van der Waals surface area contributed by atoms with Gasteiger partial charge in [-0.05, 0) is 41.3 Å². The number of nitrogens with zero attached hydrogens (tertiary/aromatic N) is 4. The zero-order valence-corrected chi connectivity index (χ0v) is 20.5. The molecule has 3 aromatic rings. The summed E-state index contributed by atoms with van der Waals surface area (Å²) >= 11 is 0. The van der Waals surface area contributed by atoms with Crippen LogP contribution in [-0.4, -0.2) is 42.2 Å². The van der Waals surface area contributed by atoms with Gasteiger partial charge in [0.1, 0.15) is 11.9 Å². The number of carbonyl (C=O) groups is 1. The molecule has 1 N–H and O–H groups in total. The van der Waals surface area contributed by atoms with Crippen molar-refractivity contribution in [1.29, 1.82) is 5.26 Å². The Kier molecular flexibility index (Phi) is 7.42. The number of aromatic nitrogens is 2. The highest BCUT2D eigenvalue weighted by molar-refractivity contribution is 5.93. The van der Waals surface area contributed by atoms with Gasteiger partial charge in [0, 0.05) is 43.4 Å². The van der Waals surface area contributed by atoms with Crippen LogP contribution in [0.5, 0.6) is 0 Å². The standard InChI is InChI=1S/C28H31N5O2/c1-28(2,3)18-27(34)32-24-9-6-21(17-22(24)19-29)25-10-11-30-26(31-25)16-20-4-7-23(8-5-20)33-12-14-35-15-13-33/h4-11,17H,12-16,18H2,1-3H3,(H,32,34). The smallest absolute Gasteiger partial charge is 0.224 e. The van der Waals surface area contributed by atoms with Gasteiger partial charge in [-0.15, -0.1) is 0 Å². The minimum atomic E-state index is -0.128. The number of benzene rings is 2. The second-order valence-corrected chi connectivity index (χ2v) is 9.96. The SMILES string of the molecule is CC(C)(C)CC(=O)Nc1ccc(-c2ccnc(Cc3ccc(N4CCOCC4)cc3)n2)cc1C#N. The Balaban J connectivity index is 1.47. The predicted octanol–water partition coefficient (Wildman–Crippen LogP) is 4.82. The number of hydrogen-bond donors (Lipinski definition) is 1. The number of nitrogens with one attached hydrogen (secondary N) is 1. The lowest BCUT2D eigenvalue weighted by molar-refractivity contribution is -0.117. The van der Waals surface area contributed by atoms with E-state index in [0.29, 0.717) is 29.9 Å². The zero-order chi connectivity index (χ0) is 24.8. The highest BCUT2D eigenvalue weighted by Gasteiger charge is 2.17. The first kappa shape index (κ1) is 24.4. The summed E-state index contributed by atoms with van der Waals surface area (Å²) in [5.41, 5.74) is 4.67. The molecule has 1 aromatic heterocycles. The molecule has 0 unspecified atom stereocenters. The zero-order valence-electron chi connectivity index (χ0n) is 20.5. The second-order valence-electron chi connectivity index (χ2n) is 9.96. The lowest BCUT2D eigenvalue weighted by Crippen LogP contribution is -2.36. The Bertz CT molecular complexity index is 1220. The van der Waals surface area contributed by atoms with E-state index in [1.165, 1.54) is 5.69 Å². The van der Waals surface area contributed by atoms with Gasteiger partial charge >= 0.3 is 0 Å². The molecule has 0 bridgehead atoms. The van der Waals surface area contributed by atoms with E-state index >= 15 is 0 Å². The lowest BCUT2D eigenvalue weighted by Gasteiger charge is -2.28. The van der Waals surface area contributed by atoms with Crippen molar-refractivity contribution in [3.8, 4) is 17.3 Å². The average molecular weight is 470 g/mol. The Morgan fingerprint density at radius 2 is 1.86 bits per heavy atom. The highest BCUT2D eigenvalue weighted by Crippen LogP contribution is 2.26. The summed E-state index contributed by atoms with van der Waals surface area (Å²) in [4.78, 5) is 23.8. The van der Waals surface area contributed by atoms with Gasteiger partial charge in [-0.2, -0.15) is 5.26 Å². The van der Waals surface area contributed by atoms with Crippen LogP contribution in [0.3, 0.4) is 0 Å². The largest absolute Gasteiger partial charge is 0.378 e. The van der Waals surface area contributed by atoms with Crippen molar-refractivity contribution in [3.05, 3.63) is 71.7 Å². The molecule has 7 nitrogen and oxygen atoms in total. The average Bonchev–Trinajstić information content (AvgIpc) is 2.84. The van der Waals surface area contributed by atoms with Crippen LogP contribution in [0.15, 0.2) is 54.7 Å². The fraction of sp³-hybridized carbons (Fsp3) is 0.357. The Morgan fingerprint density at radius 3 is 2.54 bits per heavy atom. The van der Waals surface area contributed by atoms with Crippen LogP contribution in [0.2, 0.25) is 0 Å². The van der Waals surface area contributed by atoms with Crippen molar-refractivity contribution >= 4 is 17.3 Å². The van der Waals surface area contributed by atoms with Gasteiger partial charge < -0.3 is 15.0 Å². The molecule has 4 rings (SSSR count). The summed E-state index contributed by atoms with van der Waals surface area (Å²) in [5.74, 6) is 0.605. The van der Waals surface area contributed by atoms with Crippen LogP contribution in [0.4, 0.5) is 11.4 Å². The van der Waals surface area contributed by atoms with Crippen LogP contribution in [0, 0.1) is 16.7 Å². The maximum Gasteiger partial charge on any atom is 0.224 e. The van der Waals surface area contributed by atoms with Crippen LogP contribution in [-0.2, 0) is 16.0 Å². The van der Waals surface area contributed by atoms with Gasteiger partial charge in [0.05, 0.1) is 30.2 Å². The van der Waals surface area contributed by atoms with Crippen molar-refractivity contribution in [2.45, 2.75) is 33.6 Å². The molecule has 7 heteroatoms. The number of rotatable bonds is 6. The lowest BCUT2D eigenvalue weighted by atomic mass is 9.92. The summed E-state index contributed by atoms with van der Waals surface area (Å²) in [5, 5.41) is 12.5. The molecule has 2 heterocycles. The molecule has 0 aliphatic carbocycles. The molecular weight excluding hydrogens is 438 g/mol. The van der Waals surface area contributed by atoms with Gasteiger partial charge in [0.25, 0.3) is 0 Å². The van der Waals surface area contributed by atoms with E-state index in [0.717, 1.165) is 43.1 Å². The van der Waals surface area contributed by atoms with E-state index in [2.05, 4.69) is 45.5 Å². The molecule has 1 saturated heterocycles. The highest BCUT2D eigenvalue weighted by atomic mass is 16.5. The van der Waals surface area contributed by atoms with Gasteiger partial charge in [-0.25, -0.2) is 9.97 Å². The molecule has 1 amide bonds. The van der Waals surface area contributed by atoms with Gasteiger partial charge in [0.2, 0.25) is 5.91 Å². The molecular formula is C28H31N5O2. The molecule has 0 atom stereocenters. The number of ether oxygens (including phenoxy) is 1. The molecule has 35 heavy (non-hydrogen) atoms. The number of amides is 1. The molecule has 0 saturated carbocycles. The maximum absolute atomic E-state index is 12.3. The van der Waals surface area contributed by atoms with Crippen LogP contribution < -0.4 is 10.2 Å². The number of carbonyl (C=O) groups excluding carboxylic acids is 1. The summed E-state index contributed by atoms with van der Waals surface area (Å²) in [6, 6.07) is 17.9. The molecule has 1 fully saturated rings. The van der Waals surface area contributed by atoms with E-state index in [4.69, 9.17) is 9.72 Å². The van der Waals surface area contributed by atoms with Crippen LogP contribution in [0.1, 0.15) is 44.1 Å². The fourth-order valence-corrected chi connectivity index (χ4v) is 4.05. The molecule has 1 aliphatic heterocycles.